The summed E-state index contributed by atoms with van der Waals surface area (Å²) in [5, 5.41) is 14.2. The quantitative estimate of drug-likeness (QED) is 0.0500. The number of aromatic nitrogens is 2. The Bertz CT molecular complexity index is 2330. The van der Waals surface area contributed by atoms with Crippen molar-refractivity contribution in [2.45, 2.75) is 72.6 Å². The number of phosphoric ester groups is 1. The van der Waals surface area contributed by atoms with Gasteiger partial charge in [-0.15, -0.1) is 0 Å². The topological polar surface area (TPSA) is 179 Å². The average molecular weight is 778 g/mol. The number of rotatable bonds is 14. The predicted octanol–water partition coefficient (Wildman–Crippen LogP) is 7.55. The summed E-state index contributed by atoms with van der Waals surface area (Å²) in [6, 6.07) is 16.6. The number of carbonyl (C=O) groups excluding carboxylic acids is 2. The van der Waals surface area contributed by atoms with Crippen molar-refractivity contribution in [1.29, 1.82) is 0 Å². The lowest BCUT2D eigenvalue weighted by atomic mass is 9.93. The van der Waals surface area contributed by atoms with Crippen LogP contribution in [-0.2, 0) is 38.0 Å². The van der Waals surface area contributed by atoms with Crippen LogP contribution in [0.5, 0.6) is 11.5 Å². The van der Waals surface area contributed by atoms with Crippen LogP contribution in [0.25, 0.3) is 22.0 Å². The van der Waals surface area contributed by atoms with Crippen molar-refractivity contribution in [3.63, 3.8) is 0 Å². The van der Waals surface area contributed by atoms with Gasteiger partial charge in [-0.1, -0.05) is 32.0 Å². The molecule has 13 nitrogen and oxygen atoms in total. The second kappa shape index (κ2) is 16.3. The summed E-state index contributed by atoms with van der Waals surface area (Å²) in [6.45, 7) is 9.81. The Morgan fingerprint density at radius 3 is 2.24 bits per heavy atom. The fraction of sp³-hybridized carbons (Fsp3) is 0.325. The minimum absolute atomic E-state index is 0.0172. The second-order valence-corrected chi connectivity index (χ2v) is 15.5. The first-order valence-corrected chi connectivity index (χ1v) is 19.1. The molecule has 15 heteroatoms. The van der Waals surface area contributed by atoms with E-state index >= 15 is 0 Å². The predicted molar refractivity (Wildman–Crippen MR) is 206 cm³/mol. The highest BCUT2D eigenvalue weighted by molar-refractivity contribution is 7.46. The van der Waals surface area contributed by atoms with Crippen LogP contribution in [0, 0.1) is 19.7 Å². The lowest BCUT2D eigenvalue weighted by Crippen LogP contribution is -2.24. The number of ether oxygens (including phenoxy) is 2. The van der Waals surface area contributed by atoms with Crippen LogP contribution in [0.2, 0.25) is 0 Å². The lowest BCUT2D eigenvalue weighted by molar-refractivity contribution is -0.147. The first kappa shape index (κ1) is 41.1. The van der Waals surface area contributed by atoms with Crippen molar-refractivity contribution in [1.82, 2.24) is 9.13 Å². The van der Waals surface area contributed by atoms with Gasteiger partial charge >= 0.3 is 13.8 Å². The van der Waals surface area contributed by atoms with Crippen molar-refractivity contribution < 1.29 is 47.4 Å². The monoisotopic (exact) mass is 777 g/mol. The lowest BCUT2D eigenvalue weighted by Gasteiger charge is -2.22. The maximum absolute atomic E-state index is 14.2. The highest BCUT2D eigenvalue weighted by Crippen LogP contribution is 2.41. The number of anilines is 1. The van der Waals surface area contributed by atoms with E-state index in [2.05, 4.69) is 9.84 Å². The molecule has 0 aliphatic heterocycles. The number of fused-ring (bicyclic) bond motifs is 1. The number of benzene rings is 3. The van der Waals surface area contributed by atoms with Crippen molar-refractivity contribution in [2.75, 3.05) is 11.9 Å². The first-order valence-electron chi connectivity index (χ1n) is 17.5. The van der Waals surface area contributed by atoms with Gasteiger partial charge in [0.25, 0.3) is 11.5 Å². The summed E-state index contributed by atoms with van der Waals surface area (Å²) < 4.78 is 44.2. The average Bonchev–Trinajstić information content (AvgIpc) is 3.48. The molecule has 0 atom stereocenters. The zero-order valence-electron chi connectivity index (χ0n) is 31.7. The largest absolute Gasteiger partial charge is 0.469 e. The minimum Gasteiger partial charge on any atom is -0.456 e. The van der Waals surface area contributed by atoms with Gasteiger partial charge in [0, 0.05) is 41.9 Å². The Kier molecular flexibility index (Phi) is 12.2. The summed E-state index contributed by atoms with van der Waals surface area (Å²) in [6.07, 6.45) is 1.25. The van der Waals surface area contributed by atoms with E-state index in [9.17, 15) is 28.4 Å². The molecule has 292 valence electrons. The zero-order valence-corrected chi connectivity index (χ0v) is 32.6. The molecule has 4 N–H and O–H groups in total. The third-order valence-electron chi connectivity index (χ3n) is 9.05. The molecule has 0 radical (unpaired) electrons. The molecule has 5 aromatic rings. The number of halogens is 1. The van der Waals surface area contributed by atoms with E-state index in [1.807, 2.05) is 26.0 Å². The minimum atomic E-state index is -4.72. The van der Waals surface area contributed by atoms with Crippen LogP contribution in [0.4, 0.5) is 10.1 Å². The van der Waals surface area contributed by atoms with Crippen LogP contribution in [0.15, 0.2) is 71.7 Å². The molecule has 1 amide bonds. The normalized spacial score (nSPS) is 12.0. The number of aliphatic hydroxyl groups is 1. The highest BCUT2D eigenvalue weighted by Gasteiger charge is 2.26. The number of carbonyl (C=O) groups is 2. The summed E-state index contributed by atoms with van der Waals surface area (Å²) in [5.74, 6) is -0.791. The van der Waals surface area contributed by atoms with Gasteiger partial charge in [-0.25, -0.2) is 8.96 Å². The summed E-state index contributed by atoms with van der Waals surface area (Å²) in [7, 11) is -3.19. The molecule has 3 aromatic carbocycles. The number of aryl methyl sites for hydroxylation is 3. The fourth-order valence-electron chi connectivity index (χ4n) is 6.14. The van der Waals surface area contributed by atoms with Crippen molar-refractivity contribution in [2.24, 2.45) is 7.05 Å². The Balaban J connectivity index is 1.66. The van der Waals surface area contributed by atoms with Gasteiger partial charge in [-0.05, 0) is 105 Å². The maximum atomic E-state index is 14.2. The summed E-state index contributed by atoms with van der Waals surface area (Å²) in [5.41, 5.74) is 2.23. The second-order valence-electron chi connectivity index (χ2n) is 14.2. The molecule has 2 heterocycles. The van der Waals surface area contributed by atoms with E-state index in [1.165, 1.54) is 34.4 Å². The Hall–Kier alpha value is -5.11. The fourth-order valence-corrected chi connectivity index (χ4v) is 6.51. The molecule has 0 saturated carbocycles. The van der Waals surface area contributed by atoms with Crippen LogP contribution in [0.3, 0.4) is 0 Å². The molecule has 2 aromatic heterocycles. The first-order chi connectivity index (χ1) is 25.7. The Labute approximate surface area is 317 Å². The molecule has 0 fully saturated rings. The van der Waals surface area contributed by atoms with E-state index < -0.39 is 50.0 Å². The van der Waals surface area contributed by atoms with E-state index in [0.29, 0.717) is 50.4 Å². The van der Waals surface area contributed by atoms with Gasteiger partial charge < -0.3 is 34.3 Å². The highest BCUT2D eigenvalue weighted by atomic mass is 31.2. The number of nitrogens with one attached hydrogen (secondary N) is 1. The molecular weight excluding hydrogens is 732 g/mol. The summed E-state index contributed by atoms with van der Waals surface area (Å²) >= 11 is 0. The van der Waals surface area contributed by atoms with Gasteiger partial charge in [-0.2, -0.15) is 0 Å². The SMILES string of the molecule is Cc1cc(F)cc(C)c1Oc1ccc(C(C)(C)O)cc1-c1cn(C)c(=O)c2c1cc(C(=O)Nc1ccc(C(C)C)cc1)n2COC(=O)CCCOP(=O)(O)O. The Morgan fingerprint density at radius 1 is 0.982 bits per heavy atom. The number of hydrogen-bond donors (Lipinski definition) is 4. The van der Waals surface area contributed by atoms with E-state index in [1.54, 1.807) is 64.2 Å². The van der Waals surface area contributed by atoms with Gasteiger partial charge in [0.15, 0.2) is 6.73 Å². The van der Waals surface area contributed by atoms with Crippen LogP contribution in [-0.4, -0.2) is 42.5 Å². The number of nitrogens with zero attached hydrogens (tertiary/aromatic N) is 2. The van der Waals surface area contributed by atoms with Crippen LogP contribution >= 0.6 is 7.82 Å². The van der Waals surface area contributed by atoms with Gasteiger partial charge in [0.05, 0.1) is 12.2 Å². The third-order valence-corrected chi connectivity index (χ3v) is 9.57. The van der Waals surface area contributed by atoms with Gasteiger partial charge in [0.2, 0.25) is 0 Å². The zero-order chi connectivity index (χ0) is 40.4. The summed E-state index contributed by atoms with van der Waals surface area (Å²) in [4.78, 5) is 58.7. The van der Waals surface area contributed by atoms with Gasteiger partial charge in [-0.3, -0.25) is 23.5 Å². The molecule has 0 spiro atoms. The molecule has 0 bridgehead atoms. The molecule has 0 aliphatic rings. The van der Waals surface area contributed by atoms with E-state index in [0.717, 1.165) is 5.56 Å². The molecule has 55 heavy (non-hydrogen) atoms. The molecular formula is C40H45FN3O10P. The molecule has 0 unspecified atom stereocenters. The van der Waals surface area contributed by atoms with Crippen molar-refractivity contribution >= 4 is 36.3 Å². The molecule has 0 aliphatic carbocycles. The van der Waals surface area contributed by atoms with Crippen molar-refractivity contribution in [3.05, 3.63) is 111 Å². The van der Waals surface area contributed by atoms with Crippen LogP contribution in [0.1, 0.15) is 79.2 Å². The number of phosphoric acid groups is 1. The van der Waals surface area contributed by atoms with Gasteiger partial charge in [0.1, 0.15) is 28.5 Å². The van der Waals surface area contributed by atoms with Crippen LogP contribution < -0.4 is 15.6 Å². The number of amides is 1. The Morgan fingerprint density at radius 2 is 1.64 bits per heavy atom. The molecule has 5 rings (SSSR count). The third kappa shape index (κ3) is 9.77. The van der Waals surface area contributed by atoms with Crippen molar-refractivity contribution in [3.8, 4) is 22.6 Å². The maximum Gasteiger partial charge on any atom is 0.469 e. The number of hydrogen-bond acceptors (Lipinski definition) is 8. The van der Waals surface area contributed by atoms with E-state index in [-0.39, 0.29) is 30.0 Å². The van der Waals surface area contributed by atoms with E-state index in [4.69, 9.17) is 19.3 Å². The standard InChI is InChI=1S/C40H45FN3O10P/c1-23(2)26-10-13-29(14-11-26)42-38(46)33-20-31-32(21-43(7)39(47)36(31)44(33)22-52-35(45)9-8-16-53-55(49,50)51)30-19-27(40(5,6)48)12-15-34(30)54-37-24(3)17-28(41)18-25(37)4/h10-15,17-21,23,48H,8-9,16,22H2,1-7H3,(H,42,46)(H2,49,50,51). The smallest absolute Gasteiger partial charge is 0.456 e. The number of pyridine rings is 1. The molecule has 0 saturated heterocycles. The number of esters is 1.